The Morgan fingerprint density at radius 3 is 1.85 bits per heavy atom. The van der Waals surface area contributed by atoms with E-state index < -0.39 is 0 Å². The van der Waals surface area contributed by atoms with Crippen molar-refractivity contribution in [2.45, 2.75) is 6.92 Å². The molecule has 6 nitrogen and oxygen atoms in total. The minimum Gasteiger partial charge on any atom is -0.456 e. The van der Waals surface area contributed by atoms with Crippen molar-refractivity contribution in [2.24, 2.45) is 14.1 Å². The van der Waals surface area contributed by atoms with Gasteiger partial charge in [-0.1, -0.05) is 66.7 Å². The van der Waals surface area contributed by atoms with Gasteiger partial charge in [0.15, 0.2) is 17.5 Å². The van der Waals surface area contributed by atoms with Crippen molar-refractivity contribution in [1.82, 2.24) is 19.5 Å². The van der Waals surface area contributed by atoms with E-state index in [4.69, 9.17) is 19.4 Å². The van der Waals surface area contributed by atoms with Crippen molar-refractivity contribution < 1.29 is 8.98 Å². The van der Waals surface area contributed by atoms with Crippen molar-refractivity contribution in [3.05, 3.63) is 109 Å². The summed E-state index contributed by atoms with van der Waals surface area (Å²) in [7, 11) is 4.12. The molecule has 0 atom stereocenters. The van der Waals surface area contributed by atoms with Gasteiger partial charge in [0, 0.05) is 27.5 Å². The smallest absolute Gasteiger partial charge is 0.288 e. The van der Waals surface area contributed by atoms with Crippen LogP contribution in [0.1, 0.15) is 5.56 Å². The van der Waals surface area contributed by atoms with Crippen molar-refractivity contribution in [3.8, 4) is 45.6 Å². The van der Waals surface area contributed by atoms with Crippen LogP contribution in [0, 0.1) is 6.92 Å². The molecule has 0 saturated carbocycles. The second kappa shape index (κ2) is 9.03. The van der Waals surface area contributed by atoms with Crippen LogP contribution in [0.4, 0.5) is 0 Å². The van der Waals surface area contributed by atoms with Gasteiger partial charge in [-0.25, -0.2) is 24.1 Å². The van der Waals surface area contributed by atoms with E-state index in [1.54, 1.807) is 0 Å². The van der Waals surface area contributed by atoms with Crippen LogP contribution in [-0.4, -0.2) is 19.5 Å². The lowest BCUT2D eigenvalue weighted by Crippen LogP contribution is -2.29. The zero-order chi connectivity index (χ0) is 26.5. The maximum Gasteiger partial charge on any atom is 0.288 e. The Hall–Kier alpha value is -5.10. The van der Waals surface area contributed by atoms with E-state index in [2.05, 4.69) is 66.8 Å². The molecule has 4 aromatic carbocycles. The molecule has 0 spiro atoms. The predicted octanol–water partition coefficient (Wildman–Crippen LogP) is 6.91. The van der Waals surface area contributed by atoms with Gasteiger partial charge in [0.05, 0.1) is 19.7 Å². The quantitative estimate of drug-likeness (QED) is 0.242. The van der Waals surface area contributed by atoms with Gasteiger partial charge >= 0.3 is 0 Å². The Balaban J connectivity index is 1.39. The Morgan fingerprint density at radius 1 is 0.667 bits per heavy atom. The number of hydrogen-bond acceptors (Lipinski definition) is 4. The SMILES string of the molecule is Cc1cc2c(cc1-c1n(C)cc[n+]1C)oc1cc(-c3nc(-c4ccccc4)nc(-c4ccccc4)n3)ccc12. The standard InChI is InChI=1S/C33H26N5O/c1-21-18-27-25-15-14-24(19-28(25)39-29(27)20-26(21)33-37(2)16-17-38(33)3)32-35-30(22-10-6-4-7-11-22)34-31(36-32)23-12-8-5-9-13-23/h4-20H,1-3H3/q+1. The lowest BCUT2D eigenvalue weighted by molar-refractivity contribution is -0.659. The van der Waals surface area contributed by atoms with Gasteiger partial charge in [0.1, 0.15) is 23.6 Å². The fraction of sp³-hybridized carbons (Fsp3) is 0.0909. The highest BCUT2D eigenvalue weighted by Gasteiger charge is 2.20. The number of benzene rings is 4. The highest BCUT2D eigenvalue weighted by atomic mass is 16.3. The number of fused-ring (bicyclic) bond motifs is 3. The number of aromatic nitrogens is 5. The molecule has 0 unspecified atom stereocenters. The van der Waals surface area contributed by atoms with E-state index in [9.17, 15) is 0 Å². The van der Waals surface area contributed by atoms with Crippen LogP contribution < -0.4 is 4.57 Å². The largest absolute Gasteiger partial charge is 0.456 e. The molecule has 0 radical (unpaired) electrons. The number of nitrogens with zero attached hydrogens (tertiary/aromatic N) is 5. The summed E-state index contributed by atoms with van der Waals surface area (Å²) in [5.41, 5.74) is 6.77. The zero-order valence-corrected chi connectivity index (χ0v) is 22.0. The van der Waals surface area contributed by atoms with E-state index in [-0.39, 0.29) is 0 Å². The van der Waals surface area contributed by atoms with Crippen LogP contribution in [0.25, 0.3) is 67.5 Å². The molecule has 0 saturated heterocycles. The summed E-state index contributed by atoms with van der Waals surface area (Å²) in [6.45, 7) is 2.15. The fourth-order valence-electron chi connectivity index (χ4n) is 5.22. The molecule has 7 aromatic rings. The maximum atomic E-state index is 6.43. The molecule has 0 amide bonds. The second-order valence-corrected chi connectivity index (χ2v) is 9.86. The molecule has 188 valence electrons. The first-order valence-electron chi connectivity index (χ1n) is 12.9. The van der Waals surface area contributed by atoms with Gasteiger partial charge < -0.3 is 4.42 Å². The molecule has 0 aliphatic rings. The highest BCUT2D eigenvalue weighted by molar-refractivity contribution is 6.07. The summed E-state index contributed by atoms with van der Waals surface area (Å²) in [6.07, 6.45) is 4.12. The lowest BCUT2D eigenvalue weighted by Gasteiger charge is -2.08. The average molecular weight is 509 g/mol. The summed E-state index contributed by atoms with van der Waals surface area (Å²) in [5.74, 6) is 3.01. The number of imidazole rings is 1. The minimum absolute atomic E-state index is 0.609. The van der Waals surface area contributed by atoms with E-state index >= 15 is 0 Å². The number of furan rings is 1. The van der Waals surface area contributed by atoms with Gasteiger partial charge in [-0.3, -0.25) is 0 Å². The van der Waals surface area contributed by atoms with E-state index in [1.807, 2.05) is 66.7 Å². The lowest BCUT2D eigenvalue weighted by atomic mass is 10.0. The van der Waals surface area contributed by atoms with E-state index in [0.29, 0.717) is 17.5 Å². The molecular formula is C33H26N5O+. The zero-order valence-electron chi connectivity index (χ0n) is 22.0. The topological polar surface area (TPSA) is 60.6 Å². The molecule has 0 N–H and O–H groups in total. The number of hydrogen-bond donors (Lipinski definition) is 0. The predicted molar refractivity (Wildman–Crippen MR) is 154 cm³/mol. The van der Waals surface area contributed by atoms with Crippen molar-refractivity contribution in [3.63, 3.8) is 0 Å². The molecule has 3 aromatic heterocycles. The summed E-state index contributed by atoms with van der Waals surface area (Å²) in [6, 6.07) is 30.6. The molecule has 3 heterocycles. The van der Waals surface area contributed by atoms with Crippen LogP contribution in [0.2, 0.25) is 0 Å². The summed E-state index contributed by atoms with van der Waals surface area (Å²) in [4.78, 5) is 14.5. The van der Waals surface area contributed by atoms with Gasteiger partial charge in [-0.05, 0) is 36.8 Å². The number of aryl methyl sites for hydroxylation is 3. The van der Waals surface area contributed by atoms with E-state index in [1.165, 1.54) is 5.56 Å². The van der Waals surface area contributed by atoms with Crippen molar-refractivity contribution in [2.75, 3.05) is 0 Å². The highest BCUT2D eigenvalue weighted by Crippen LogP contribution is 2.35. The summed E-state index contributed by atoms with van der Waals surface area (Å²) < 4.78 is 10.7. The molecule has 39 heavy (non-hydrogen) atoms. The third-order valence-corrected chi connectivity index (χ3v) is 7.20. The van der Waals surface area contributed by atoms with Crippen LogP contribution >= 0.6 is 0 Å². The summed E-state index contributed by atoms with van der Waals surface area (Å²) >= 11 is 0. The van der Waals surface area contributed by atoms with Gasteiger partial charge in [0.2, 0.25) is 0 Å². The van der Waals surface area contributed by atoms with Gasteiger partial charge in [0.25, 0.3) is 5.82 Å². The summed E-state index contributed by atoms with van der Waals surface area (Å²) in [5, 5.41) is 2.17. The van der Waals surface area contributed by atoms with Crippen LogP contribution in [0.3, 0.4) is 0 Å². The normalized spacial score (nSPS) is 11.5. The molecular weight excluding hydrogens is 482 g/mol. The number of rotatable bonds is 4. The molecule has 7 rings (SSSR count). The van der Waals surface area contributed by atoms with Crippen LogP contribution in [0.5, 0.6) is 0 Å². The average Bonchev–Trinajstić information content (AvgIpc) is 3.50. The first-order chi connectivity index (χ1) is 19.0. The van der Waals surface area contributed by atoms with Crippen LogP contribution in [-0.2, 0) is 14.1 Å². The first kappa shape index (κ1) is 23.0. The second-order valence-electron chi connectivity index (χ2n) is 9.86. The monoisotopic (exact) mass is 508 g/mol. The minimum atomic E-state index is 0.609. The van der Waals surface area contributed by atoms with E-state index in [0.717, 1.165) is 50.0 Å². The van der Waals surface area contributed by atoms with Crippen molar-refractivity contribution >= 4 is 21.9 Å². The first-order valence-corrected chi connectivity index (χ1v) is 12.9. The molecule has 0 aliphatic carbocycles. The Morgan fingerprint density at radius 2 is 1.26 bits per heavy atom. The molecule has 0 fully saturated rings. The Labute approximate surface area is 225 Å². The molecule has 0 aliphatic heterocycles. The van der Waals surface area contributed by atoms with Crippen molar-refractivity contribution in [1.29, 1.82) is 0 Å². The van der Waals surface area contributed by atoms with Gasteiger partial charge in [-0.2, -0.15) is 0 Å². The maximum absolute atomic E-state index is 6.43. The fourth-order valence-corrected chi connectivity index (χ4v) is 5.22. The Kier molecular flexibility index (Phi) is 5.33. The third kappa shape index (κ3) is 3.97. The molecule has 0 bridgehead atoms. The van der Waals surface area contributed by atoms with Crippen LogP contribution in [0.15, 0.2) is 108 Å². The van der Waals surface area contributed by atoms with Gasteiger partial charge in [-0.15, -0.1) is 0 Å². The molecule has 6 heteroatoms. The Bertz CT molecular complexity index is 1910. The third-order valence-electron chi connectivity index (χ3n) is 7.20.